The van der Waals surface area contributed by atoms with Gasteiger partial charge in [0.25, 0.3) is 0 Å². The number of ether oxygens (including phenoxy) is 1. The van der Waals surface area contributed by atoms with Crippen LogP contribution < -0.4 is 4.74 Å². The standard InChI is InChI=1S/C21H27NO2/c23-21(18-19-10-4-1-5-11-19,24-20-12-6-2-7-13-20)14-17-22-15-8-3-9-16-22/h1-2,4-7,10-13,23H,3,8-9,14-18H2. The Hall–Kier alpha value is -1.84. The zero-order valence-corrected chi connectivity index (χ0v) is 14.2. The van der Waals surface area contributed by atoms with Gasteiger partial charge in [-0.05, 0) is 43.6 Å². The van der Waals surface area contributed by atoms with Gasteiger partial charge in [0.2, 0.25) is 5.79 Å². The number of nitrogens with zero attached hydrogens (tertiary/aromatic N) is 1. The molecule has 0 radical (unpaired) electrons. The summed E-state index contributed by atoms with van der Waals surface area (Å²) >= 11 is 0. The highest BCUT2D eigenvalue weighted by atomic mass is 16.6. The fraction of sp³-hybridized carbons (Fsp3) is 0.429. The zero-order chi connectivity index (χ0) is 16.7. The Labute approximate surface area is 144 Å². The molecule has 3 heteroatoms. The second-order valence-corrected chi connectivity index (χ2v) is 6.68. The van der Waals surface area contributed by atoms with Crippen molar-refractivity contribution in [3.05, 3.63) is 66.2 Å². The van der Waals surface area contributed by atoms with Gasteiger partial charge in [-0.1, -0.05) is 55.0 Å². The van der Waals surface area contributed by atoms with Crippen LogP contribution in [0.5, 0.6) is 5.75 Å². The Balaban J connectivity index is 1.69. The molecule has 128 valence electrons. The van der Waals surface area contributed by atoms with Crippen LogP contribution in [-0.2, 0) is 6.42 Å². The van der Waals surface area contributed by atoms with E-state index in [9.17, 15) is 5.11 Å². The van der Waals surface area contributed by atoms with Crippen LogP contribution in [0.3, 0.4) is 0 Å². The quantitative estimate of drug-likeness (QED) is 0.784. The fourth-order valence-corrected chi connectivity index (χ4v) is 3.31. The van der Waals surface area contributed by atoms with Gasteiger partial charge in [-0.15, -0.1) is 0 Å². The monoisotopic (exact) mass is 325 g/mol. The van der Waals surface area contributed by atoms with E-state index in [1.165, 1.54) is 19.3 Å². The molecule has 0 aliphatic carbocycles. The van der Waals surface area contributed by atoms with Crippen molar-refractivity contribution in [1.82, 2.24) is 4.90 Å². The van der Waals surface area contributed by atoms with Crippen molar-refractivity contribution in [3.63, 3.8) is 0 Å². The summed E-state index contributed by atoms with van der Waals surface area (Å²) in [5, 5.41) is 11.2. The average molecular weight is 325 g/mol. The van der Waals surface area contributed by atoms with Crippen molar-refractivity contribution in [2.45, 2.75) is 37.9 Å². The Morgan fingerprint density at radius 1 is 0.875 bits per heavy atom. The summed E-state index contributed by atoms with van der Waals surface area (Å²) in [5.41, 5.74) is 1.09. The van der Waals surface area contributed by atoms with Gasteiger partial charge in [0.15, 0.2) is 0 Å². The topological polar surface area (TPSA) is 32.7 Å². The summed E-state index contributed by atoms with van der Waals surface area (Å²) in [6, 6.07) is 19.7. The molecule has 2 aromatic carbocycles. The van der Waals surface area contributed by atoms with Gasteiger partial charge >= 0.3 is 0 Å². The van der Waals surface area contributed by atoms with Crippen molar-refractivity contribution in [3.8, 4) is 5.75 Å². The lowest BCUT2D eigenvalue weighted by Crippen LogP contribution is -2.43. The molecule has 0 bridgehead atoms. The number of para-hydroxylation sites is 1. The molecule has 0 amide bonds. The van der Waals surface area contributed by atoms with E-state index in [-0.39, 0.29) is 0 Å². The molecule has 1 atom stereocenters. The number of aliphatic hydroxyl groups is 1. The Morgan fingerprint density at radius 2 is 1.50 bits per heavy atom. The lowest BCUT2D eigenvalue weighted by molar-refractivity contribution is -0.145. The number of piperidine rings is 1. The predicted octanol–water partition coefficient (Wildman–Crippen LogP) is 3.87. The Bertz CT molecular complexity index is 552. The van der Waals surface area contributed by atoms with E-state index >= 15 is 0 Å². The molecule has 1 aliphatic heterocycles. The molecule has 3 rings (SSSR count). The van der Waals surface area contributed by atoms with E-state index in [1.807, 2.05) is 60.7 Å². The normalized spacial score (nSPS) is 18.0. The molecule has 1 unspecified atom stereocenters. The van der Waals surface area contributed by atoms with E-state index in [0.29, 0.717) is 12.8 Å². The lowest BCUT2D eigenvalue weighted by atomic mass is 10.0. The van der Waals surface area contributed by atoms with Gasteiger partial charge in [-0.2, -0.15) is 0 Å². The molecule has 0 aromatic heterocycles. The highest BCUT2D eigenvalue weighted by molar-refractivity contribution is 5.23. The van der Waals surface area contributed by atoms with E-state index in [1.54, 1.807) is 0 Å². The summed E-state index contributed by atoms with van der Waals surface area (Å²) < 4.78 is 6.03. The van der Waals surface area contributed by atoms with Crippen LogP contribution in [0.15, 0.2) is 60.7 Å². The first kappa shape index (κ1) is 17.0. The van der Waals surface area contributed by atoms with Crippen LogP contribution in [0.2, 0.25) is 0 Å². The van der Waals surface area contributed by atoms with Gasteiger partial charge in [0.1, 0.15) is 5.75 Å². The third kappa shape index (κ3) is 5.08. The van der Waals surface area contributed by atoms with Crippen molar-refractivity contribution in [2.75, 3.05) is 19.6 Å². The maximum atomic E-state index is 11.2. The van der Waals surface area contributed by atoms with Crippen LogP contribution in [-0.4, -0.2) is 35.4 Å². The summed E-state index contributed by atoms with van der Waals surface area (Å²) in [6.07, 6.45) is 4.95. The SMILES string of the molecule is OC(CCN1CCCCC1)(Cc1ccccc1)Oc1ccccc1. The van der Waals surface area contributed by atoms with Gasteiger partial charge in [0.05, 0.1) is 0 Å². The summed E-state index contributed by atoms with van der Waals surface area (Å²) in [6.45, 7) is 3.13. The first-order valence-electron chi connectivity index (χ1n) is 8.96. The molecule has 1 heterocycles. The lowest BCUT2D eigenvalue weighted by Gasteiger charge is -2.33. The molecule has 0 spiro atoms. The predicted molar refractivity (Wildman–Crippen MR) is 97.1 cm³/mol. The molecule has 3 nitrogen and oxygen atoms in total. The Morgan fingerprint density at radius 3 is 2.17 bits per heavy atom. The summed E-state index contributed by atoms with van der Waals surface area (Å²) in [7, 11) is 0. The molecular weight excluding hydrogens is 298 g/mol. The number of benzene rings is 2. The number of hydrogen-bond donors (Lipinski definition) is 1. The van der Waals surface area contributed by atoms with Crippen LogP contribution >= 0.6 is 0 Å². The smallest absolute Gasteiger partial charge is 0.213 e. The van der Waals surface area contributed by atoms with Crippen LogP contribution in [0.1, 0.15) is 31.2 Å². The van der Waals surface area contributed by atoms with Crippen molar-refractivity contribution in [2.24, 2.45) is 0 Å². The highest BCUT2D eigenvalue weighted by Gasteiger charge is 2.30. The summed E-state index contributed by atoms with van der Waals surface area (Å²) in [4.78, 5) is 2.44. The maximum absolute atomic E-state index is 11.2. The highest BCUT2D eigenvalue weighted by Crippen LogP contribution is 2.24. The van der Waals surface area contributed by atoms with Crippen LogP contribution in [0, 0.1) is 0 Å². The second-order valence-electron chi connectivity index (χ2n) is 6.68. The number of hydrogen-bond acceptors (Lipinski definition) is 3. The molecule has 1 N–H and O–H groups in total. The van der Waals surface area contributed by atoms with Crippen molar-refractivity contribution in [1.29, 1.82) is 0 Å². The first-order chi connectivity index (χ1) is 11.7. The van der Waals surface area contributed by atoms with Crippen LogP contribution in [0.25, 0.3) is 0 Å². The molecule has 1 fully saturated rings. The number of likely N-dealkylation sites (tertiary alicyclic amines) is 1. The first-order valence-corrected chi connectivity index (χ1v) is 8.96. The van der Waals surface area contributed by atoms with Crippen LogP contribution in [0.4, 0.5) is 0 Å². The van der Waals surface area contributed by atoms with Gasteiger partial charge in [-0.3, -0.25) is 0 Å². The molecular formula is C21H27NO2. The third-order valence-corrected chi connectivity index (χ3v) is 4.64. The average Bonchev–Trinajstić information content (AvgIpc) is 2.63. The van der Waals surface area contributed by atoms with E-state index in [0.717, 1.165) is 30.9 Å². The molecule has 1 aliphatic rings. The van der Waals surface area contributed by atoms with Crippen molar-refractivity contribution < 1.29 is 9.84 Å². The zero-order valence-electron chi connectivity index (χ0n) is 14.2. The van der Waals surface area contributed by atoms with E-state index in [2.05, 4.69) is 4.90 Å². The van der Waals surface area contributed by atoms with Gasteiger partial charge < -0.3 is 14.7 Å². The van der Waals surface area contributed by atoms with Crippen molar-refractivity contribution >= 4 is 0 Å². The van der Waals surface area contributed by atoms with E-state index in [4.69, 9.17) is 4.74 Å². The van der Waals surface area contributed by atoms with E-state index < -0.39 is 5.79 Å². The number of rotatable bonds is 7. The minimum Gasteiger partial charge on any atom is -0.462 e. The fourth-order valence-electron chi connectivity index (χ4n) is 3.31. The Kier molecular flexibility index (Phi) is 5.89. The molecule has 1 saturated heterocycles. The molecule has 24 heavy (non-hydrogen) atoms. The largest absolute Gasteiger partial charge is 0.462 e. The molecule has 2 aromatic rings. The minimum absolute atomic E-state index is 0.497. The molecule has 0 saturated carbocycles. The minimum atomic E-state index is -1.18. The third-order valence-electron chi connectivity index (χ3n) is 4.64. The van der Waals surface area contributed by atoms with Gasteiger partial charge in [-0.25, -0.2) is 0 Å². The maximum Gasteiger partial charge on any atom is 0.213 e. The summed E-state index contributed by atoms with van der Waals surface area (Å²) in [5.74, 6) is -0.463. The second kappa shape index (κ2) is 8.32. The van der Waals surface area contributed by atoms with Gasteiger partial charge in [0, 0.05) is 19.4 Å².